The molecule has 0 spiro atoms. The maximum atomic E-state index is 11.8. The van der Waals surface area contributed by atoms with Gasteiger partial charge in [-0.25, -0.2) is 4.68 Å². The molecule has 19 heavy (non-hydrogen) atoms. The van der Waals surface area contributed by atoms with Gasteiger partial charge in [0.15, 0.2) is 0 Å². The van der Waals surface area contributed by atoms with Crippen LogP contribution >= 0.6 is 15.9 Å². The van der Waals surface area contributed by atoms with Gasteiger partial charge in [0.1, 0.15) is 4.47 Å². The van der Waals surface area contributed by atoms with Gasteiger partial charge in [0.25, 0.3) is 5.56 Å². The zero-order valence-corrected chi connectivity index (χ0v) is 12.1. The van der Waals surface area contributed by atoms with Crippen LogP contribution in [0.2, 0.25) is 0 Å². The largest absolute Gasteiger partial charge is 0.376 e. The minimum Gasteiger partial charge on any atom is -0.376 e. The molecule has 1 aromatic carbocycles. The number of halogens is 1. The van der Waals surface area contributed by atoms with Crippen LogP contribution in [0.4, 0.5) is 5.69 Å². The van der Waals surface area contributed by atoms with Crippen LogP contribution in [0.15, 0.2) is 39.7 Å². The molecule has 98 valence electrons. The Morgan fingerprint density at radius 2 is 2.21 bits per heavy atom. The monoisotopic (exact) mass is 319 g/mol. The van der Waals surface area contributed by atoms with Crippen molar-refractivity contribution in [1.82, 2.24) is 9.78 Å². The van der Waals surface area contributed by atoms with Gasteiger partial charge in [-0.05, 0) is 39.9 Å². The summed E-state index contributed by atoms with van der Waals surface area (Å²) in [5.74, 6) is 0. The van der Waals surface area contributed by atoms with Crippen molar-refractivity contribution < 1.29 is 0 Å². The van der Waals surface area contributed by atoms with Crippen LogP contribution < -0.4 is 10.9 Å². The summed E-state index contributed by atoms with van der Waals surface area (Å²) >= 11 is 3.34. The van der Waals surface area contributed by atoms with E-state index in [4.69, 9.17) is 0 Å². The molecule has 0 radical (unpaired) electrons. The van der Waals surface area contributed by atoms with E-state index in [1.165, 1.54) is 15.8 Å². The van der Waals surface area contributed by atoms with Crippen LogP contribution in [0.1, 0.15) is 23.6 Å². The summed E-state index contributed by atoms with van der Waals surface area (Å²) in [5, 5.41) is 7.46. The van der Waals surface area contributed by atoms with Gasteiger partial charge < -0.3 is 5.32 Å². The smallest absolute Gasteiger partial charge is 0.282 e. The fraction of sp³-hybridized carbons (Fsp3) is 0.286. The van der Waals surface area contributed by atoms with Gasteiger partial charge in [0.05, 0.1) is 17.9 Å². The molecule has 0 fully saturated rings. The molecule has 0 aliphatic heterocycles. The maximum absolute atomic E-state index is 11.8. The van der Waals surface area contributed by atoms with Crippen LogP contribution in [0, 0.1) is 0 Å². The number of hydrogen-bond acceptors (Lipinski definition) is 3. The number of anilines is 1. The highest BCUT2D eigenvalue weighted by Crippen LogP contribution is 2.34. The first-order chi connectivity index (χ1) is 9.16. The van der Waals surface area contributed by atoms with E-state index in [9.17, 15) is 4.79 Å². The number of fused-ring (bicyclic) bond motifs is 1. The first-order valence-electron chi connectivity index (χ1n) is 6.23. The molecule has 1 heterocycles. The Balaban J connectivity index is 1.92. The Bertz CT molecular complexity index is 681. The minimum atomic E-state index is -0.128. The van der Waals surface area contributed by atoms with Gasteiger partial charge in [0, 0.05) is 7.05 Å². The van der Waals surface area contributed by atoms with Crippen LogP contribution in [0.5, 0.6) is 0 Å². The summed E-state index contributed by atoms with van der Waals surface area (Å²) in [6.45, 7) is 0. The topological polar surface area (TPSA) is 46.9 Å². The third kappa shape index (κ3) is 2.18. The Hall–Kier alpha value is -1.62. The van der Waals surface area contributed by atoms with Gasteiger partial charge in [-0.3, -0.25) is 4.79 Å². The van der Waals surface area contributed by atoms with Crippen molar-refractivity contribution in [2.75, 3.05) is 5.32 Å². The predicted molar refractivity (Wildman–Crippen MR) is 78.3 cm³/mol. The zero-order chi connectivity index (χ0) is 13.4. The van der Waals surface area contributed by atoms with Crippen molar-refractivity contribution in [1.29, 1.82) is 0 Å². The molecule has 1 N–H and O–H groups in total. The summed E-state index contributed by atoms with van der Waals surface area (Å²) in [6.07, 6.45) is 3.80. The number of nitrogens with zero attached hydrogens (tertiary/aromatic N) is 2. The highest BCUT2D eigenvalue weighted by Gasteiger charge is 2.22. The molecule has 5 heteroatoms. The Morgan fingerprint density at radius 1 is 1.42 bits per heavy atom. The van der Waals surface area contributed by atoms with Crippen LogP contribution in [-0.4, -0.2) is 9.78 Å². The summed E-state index contributed by atoms with van der Waals surface area (Å²) in [5.41, 5.74) is 3.32. The second kappa shape index (κ2) is 4.81. The Morgan fingerprint density at radius 3 is 3.05 bits per heavy atom. The van der Waals surface area contributed by atoms with Crippen molar-refractivity contribution in [2.24, 2.45) is 7.05 Å². The van der Waals surface area contributed by atoms with Crippen molar-refractivity contribution in [3.63, 3.8) is 0 Å². The predicted octanol–water partition coefficient (Wildman–Crippen LogP) is 2.64. The molecule has 0 saturated heterocycles. The van der Waals surface area contributed by atoms with Crippen LogP contribution in [0.25, 0.3) is 0 Å². The molecule has 1 aromatic heterocycles. The highest BCUT2D eigenvalue weighted by atomic mass is 79.9. The average molecular weight is 320 g/mol. The maximum Gasteiger partial charge on any atom is 0.282 e. The third-order valence-corrected chi connectivity index (χ3v) is 4.31. The molecule has 1 unspecified atom stereocenters. The quantitative estimate of drug-likeness (QED) is 0.925. The van der Waals surface area contributed by atoms with E-state index in [1.807, 2.05) is 0 Å². The van der Waals surface area contributed by atoms with Crippen molar-refractivity contribution in [3.05, 3.63) is 56.4 Å². The summed E-state index contributed by atoms with van der Waals surface area (Å²) in [6, 6.07) is 8.67. The van der Waals surface area contributed by atoms with Crippen molar-refractivity contribution >= 4 is 21.6 Å². The van der Waals surface area contributed by atoms with E-state index in [2.05, 4.69) is 50.6 Å². The fourth-order valence-electron chi connectivity index (χ4n) is 2.51. The van der Waals surface area contributed by atoms with E-state index in [0.29, 0.717) is 4.47 Å². The number of aryl methyl sites for hydroxylation is 2. The molecule has 1 aliphatic rings. The van der Waals surface area contributed by atoms with Crippen molar-refractivity contribution in [2.45, 2.75) is 18.9 Å². The molecule has 0 bridgehead atoms. The number of benzene rings is 1. The molecular weight excluding hydrogens is 306 g/mol. The van der Waals surface area contributed by atoms with E-state index < -0.39 is 0 Å². The molecule has 0 saturated carbocycles. The minimum absolute atomic E-state index is 0.128. The molecule has 3 rings (SSSR count). The normalized spacial score (nSPS) is 17.3. The Kier molecular flexibility index (Phi) is 3.14. The molecule has 1 atom stereocenters. The van der Waals surface area contributed by atoms with E-state index in [-0.39, 0.29) is 11.6 Å². The molecular formula is C14H14BrN3O. The molecule has 4 nitrogen and oxygen atoms in total. The standard InChI is InChI=1S/C14H14BrN3O/c1-18-14(19)13(15)12(8-16-18)17-11-7-6-9-4-2-3-5-10(9)11/h2-5,8,11,17H,6-7H2,1H3. The second-order valence-electron chi connectivity index (χ2n) is 4.74. The average Bonchev–Trinajstić information content (AvgIpc) is 2.83. The molecule has 0 amide bonds. The summed E-state index contributed by atoms with van der Waals surface area (Å²) in [7, 11) is 1.64. The first kappa shape index (κ1) is 12.4. The lowest BCUT2D eigenvalue weighted by molar-refractivity contribution is 0.697. The Labute approximate surface area is 119 Å². The van der Waals surface area contributed by atoms with Gasteiger partial charge in [-0.2, -0.15) is 5.10 Å². The lowest BCUT2D eigenvalue weighted by atomic mass is 10.1. The van der Waals surface area contributed by atoms with Crippen LogP contribution in [-0.2, 0) is 13.5 Å². The first-order valence-corrected chi connectivity index (χ1v) is 7.02. The number of aromatic nitrogens is 2. The molecule has 2 aromatic rings. The lowest BCUT2D eigenvalue weighted by Gasteiger charge is -2.16. The summed E-state index contributed by atoms with van der Waals surface area (Å²) in [4.78, 5) is 11.8. The molecule has 1 aliphatic carbocycles. The van der Waals surface area contributed by atoms with Crippen LogP contribution in [0.3, 0.4) is 0 Å². The van der Waals surface area contributed by atoms with Gasteiger partial charge in [0.2, 0.25) is 0 Å². The number of nitrogens with one attached hydrogen (secondary N) is 1. The van der Waals surface area contributed by atoms with E-state index in [0.717, 1.165) is 18.5 Å². The second-order valence-corrected chi connectivity index (χ2v) is 5.53. The lowest BCUT2D eigenvalue weighted by Crippen LogP contribution is -2.22. The number of hydrogen-bond donors (Lipinski definition) is 1. The van der Waals surface area contributed by atoms with E-state index in [1.54, 1.807) is 13.2 Å². The highest BCUT2D eigenvalue weighted by molar-refractivity contribution is 9.10. The van der Waals surface area contributed by atoms with Gasteiger partial charge in [-0.15, -0.1) is 0 Å². The fourth-order valence-corrected chi connectivity index (χ4v) is 2.98. The van der Waals surface area contributed by atoms with E-state index >= 15 is 0 Å². The zero-order valence-electron chi connectivity index (χ0n) is 10.6. The SMILES string of the molecule is Cn1ncc(NC2CCc3ccccc32)c(Br)c1=O. The number of rotatable bonds is 2. The van der Waals surface area contributed by atoms with Gasteiger partial charge in [-0.1, -0.05) is 24.3 Å². The summed E-state index contributed by atoms with van der Waals surface area (Å²) < 4.78 is 1.85. The van der Waals surface area contributed by atoms with Crippen molar-refractivity contribution in [3.8, 4) is 0 Å². The van der Waals surface area contributed by atoms with Gasteiger partial charge >= 0.3 is 0 Å². The third-order valence-electron chi connectivity index (χ3n) is 3.54.